The molecule has 4 N–H and O–H groups in total. The van der Waals surface area contributed by atoms with Crippen LogP contribution in [0.1, 0.15) is 36.7 Å². The molecule has 0 radical (unpaired) electrons. The summed E-state index contributed by atoms with van der Waals surface area (Å²) in [5, 5.41) is 5.98. The fourth-order valence-electron chi connectivity index (χ4n) is 5.35. The van der Waals surface area contributed by atoms with Gasteiger partial charge in [0.15, 0.2) is 11.5 Å². The summed E-state index contributed by atoms with van der Waals surface area (Å²) in [5.74, 6) is -1.37. The summed E-state index contributed by atoms with van der Waals surface area (Å²) < 4.78 is 15.2. The van der Waals surface area contributed by atoms with Crippen molar-refractivity contribution in [3.05, 3.63) is 63.0 Å². The number of nitrogens with one attached hydrogen (secondary N) is 2. The highest BCUT2D eigenvalue weighted by Crippen LogP contribution is 2.25. The van der Waals surface area contributed by atoms with Crippen molar-refractivity contribution in [1.29, 1.82) is 0 Å². The van der Waals surface area contributed by atoms with Crippen LogP contribution in [0.25, 0.3) is 11.2 Å². The number of aromatic nitrogens is 3. The van der Waals surface area contributed by atoms with Crippen molar-refractivity contribution in [1.82, 2.24) is 35.0 Å². The molecular weight excluding hydrogens is 668 g/mol. The van der Waals surface area contributed by atoms with Gasteiger partial charge in [-0.2, -0.15) is 0 Å². The molecule has 48 heavy (non-hydrogen) atoms. The molecule has 0 spiro atoms. The van der Waals surface area contributed by atoms with E-state index in [0.717, 1.165) is 10.1 Å². The van der Waals surface area contributed by atoms with Gasteiger partial charge >= 0.3 is 6.03 Å². The Hall–Kier alpha value is -4.34. The molecule has 0 bridgehead atoms. The fraction of sp³-hybridized carbons (Fsp3) is 0.452. The van der Waals surface area contributed by atoms with Gasteiger partial charge in [-0.25, -0.2) is 19.2 Å². The molecule has 1 unspecified atom stereocenters. The van der Waals surface area contributed by atoms with Crippen LogP contribution in [-0.2, 0) is 22.7 Å². The van der Waals surface area contributed by atoms with E-state index in [1.165, 1.54) is 29.0 Å². The number of urea groups is 1. The van der Waals surface area contributed by atoms with Crippen molar-refractivity contribution in [3.8, 4) is 0 Å². The topological polar surface area (TPSA) is 176 Å². The SMILES string of the molecule is CC(C)C(N)C(=O)NCCN1CCN(c2cnc3c(cc(C(=O)NCc4ccc(Cl)cc4)c(=O)n3CC(=O)N3CC(C)(F)C3)n2)C1=O.Cl. The first-order valence-corrected chi connectivity index (χ1v) is 15.6. The molecule has 258 valence electrons. The Balaban J connectivity index is 0.00000520. The van der Waals surface area contributed by atoms with Crippen LogP contribution in [0.15, 0.2) is 41.3 Å². The summed E-state index contributed by atoms with van der Waals surface area (Å²) in [6.45, 7) is 5.57. The number of halogens is 3. The van der Waals surface area contributed by atoms with Crippen LogP contribution in [0.4, 0.5) is 15.0 Å². The lowest BCUT2D eigenvalue weighted by atomic mass is 9.99. The molecule has 2 saturated heterocycles. The molecular formula is C31H38Cl2FN9O5. The molecule has 17 heteroatoms. The second kappa shape index (κ2) is 14.8. The third-order valence-corrected chi connectivity index (χ3v) is 8.40. The van der Waals surface area contributed by atoms with Gasteiger partial charge in [-0.05, 0) is 36.6 Å². The maximum atomic E-state index is 14.1. The average Bonchev–Trinajstić information content (AvgIpc) is 3.39. The number of carbonyl (C=O) groups excluding carboxylic acids is 4. The van der Waals surface area contributed by atoms with E-state index < -0.39 is 35.6 Å². The Kier molecular flexibility index (Phi) is 11.3. The van der Waals surface area contributed by atoms with Crippen LogP contribution < -0.4 is 26.8 Å². The van der Waals surface area contributed by atoms with E-state index >= 15 is 0 Å². The Morgan fingerprint density at radius 2 is 1.79 bits per heavy atom. The van der Waals surface area contributed by atoms with Crippen molar-refractivity contribution in [2.24, 2.45) is 11.7 Å². The number of hydrogen-bond acceptors (Lipinski definition) is 8. The zero-order valence-corrected chi connectivity index (χ0v) is 28.3. The molecule has 0 aliphatic carbocycles. The summed E-state index contributed by atoms with van der Waals surface area (Å²) in [6, 6.07) is 7.07. The van der Waals surface area contributed by atoms with E-state index in [9.17, 15) is 28.4 Å². The van der Waals surface area contributed by atoms with E-state index in [4.69, 9.17) is 17.3 Å². The van der Waals surface area contributed by atoms with Crippen molar-refractivity contribution in [2.75, 3.05) is 44.2 Å². The molecule has 2 aliphatic heterocycles. The van der Waals surface area contributed by atoms with Crippen LogP contribution in [0, 0.1) is 5.92 Å². The van der Waals surface area contributed by atoms with Gasteiger partial charge in [0.2, 0.25) is 11.8 Å². The number of amides is 5. The first kappa shape index (κ1) is 36.5. The lowest BCUT2D eigenvalue weighted by molar-refractivity contribution is -0.144. The van der Waals surface area contributed by atoms with Crippen LogP contribution in [0.5, 0.6) is 0 Å². The van der Waals surface area contributed by atoms with E-state index in [1.54, 1.807) is 29.2 Å². The number of likely N-dealkylation sites (tertiary alicyclic amines) is 1. The van der Waals surface area contributed by atoms with E-state index in [0.29, 0.717) is 11.6 Å². The zero-order valence-electron chi connectivity index (χ0n) is 26.7. The van der Waals surface area contributed by atoms with E-state index in [2.05, 4.69) is 20.6 Å². The largest absolute Gasteiger partial charge is 0.353 e. The average molecular weight is 707 g/mol. The third-order valence-electron chi connectivity index (χ3n) is 8.15. The van der Waals surface area contributed by atoms with Crippen molar-refractivity contribution >= 4 is 64.7 Å². The van der Waals surface area contributed by atoms with Gasteiger partial charge in [0.25, 0.3) is 11.5 Å². The van der Waals surface area contributed by atoms with Crippen LogP contribution >= 0.6 is 24.0 Å². The molecule has 5 amide bonds. The summed E-state index contributed by atoms with van der Waals surface area (Å²) in [6.07, 6.45) is 1.32. The van der Waals surface area contributed by atoms with Crippen LogP contribution in [0.3, 0.4) is 0 Å². The number of fused-ring (bicyclic) bond motifs is 1. The molecule has 1 atom stereocenters. The van der Waals surface area contributed by atoms with Crippen molar-refractivity contribution in [2.45, 2.75) is 45.6 Å². The number of benzene rings is 1. The molecule has 14 nitrogen and oxygen atoms in total. The second-order valence-corrected chi connectivity index (χ2v) is 12.8. The highest BCUT2D eigenvalue weighted by atomic mass is 35.5. The van der Waals surface area contributed by atoms with Gasteiger partial charge in [-0.15, -0.1) is 12.4 Å². The number of nitrogens with zero attached hydrogens (tertiary/aromatic N) is 6. The maximum Gasteiger partial charge on any atom is 0.325 e. The monoisotopic (exact) mass is 705 g/mol. The first-order chi connectivity index (χ1) is 22.2. The summed E-state index contributed by atoms with van der Waals surface area (Å²) >= 11 is 5.95. The van der Waals surface area contributed by atoms with E-state index in [-0.39, 0.29) is 92.1 Å². The van der Waals surface area contributed by atoms with Crippen LogP contribution in [-0.4, -0.2) is 99.1 Å². The third kappa shape index (κ3) is 8.02. The number of carbonyl (C=O) groups is 4. The minimum absolute atomic E-state index is 0. The summed E-state index contributed by atoms with van der Waals surface area (Å²) in [4.78, 5) is 78.5. The predicted octanol–water partition coefficient (Wildman–Crippen LogP) is 1.71. The molecule has 2 fully saturated rings. The number of alkyl halides is 1. The van der Waals surface area contributed by atoms with Crippen molar-refractivity contribution in [3.63, 3.8) is 0 Å². The number of nitrogens with two attached hydrogens (primary N) is 1. The summed E-state index contributed by atoms with van der Waals surface area (Å²) in [5.41, 5.74) is 4.19. The van der Waals surface area contributed by atoms with E-state index in [1.807, 2.05) is 13.8 Å². The molecule has 4 heterocycles. The van der Waals surface area contributed by atoms with Gasteiger partial charge in [0.1, 0.15) is 23.3 Å². The first-order valence-electron chi connectivity index (χ1n) is 15.2. The van der Waals surface area contributed by atoms with Gasteiger partial charge < -0.3 is 26.2 Å². The molecule has 3 aromatic rings. The zero-order chi connectivity index (χ0) is 34.0. The molecule has 1 aromatic carbocycles. The maximum absolute atomic E-state index is 14.1. The minimum atomic E-state index is -1.51. The second-order valence-electron chi connectivity index (χ2n) is 12.3. The van der Waals surface area contributed by atoms with Gasteiger partial charge in [0, 0.05) is 37.7 Å². The van der Waals surface area contributed by atoms with Crippen molar-refractivity contribution < 1.29 is 23.6 Å². The molecule has 2 aromatic heterocycles. The van der Waals surface area contributed by atoms with Gasteiger partial charge in [-0.3, -0.25) is 28.6 Å². The smallest absolute Gasteiger partial charge is 0.325 e. The number of anilines is 1. The number of hydrogen-bond donors (Lipinski definition) is 3. The highest BCUT2D eigenvalue weighted by molar-refractivity contribution is 6.30. The summed E-state index contributed by atoms with van der Waals surface area (Å²) in [7, 11) is 0. The minimum Gasteiger partial charge on any atom is -0.353 e. The normalized spacial score (nSPS) is 16.1. The standard InChI is InChI=1S/C31H37ClFN9O5.ClH/c1-18(2)25(34)28(45)35-8-9-39-10-11-41(30(39)47)23-14-36-26-22(38-23)12-21(27(44)37-13-19-4-6-20(32)7-5-19)29(46)42(26)15-24(43)40-16-31(3,33)17-40;/h4-7,12,14,18,25H,8-11,13,15-17,34H2,1-3H3,(H,35,45)(H,37,44);1H. The Morgan fingerprint density at radius 3 is 2.44 bits per heavy atom. The Morgan fingerprint density at radius 1 is 1.10 bits per heavy atom. The number of pyridine rings is 1. The Labute approximate surface area is 287 Å². The lowest BCUT2D eigenvalue weighted by Gasteiger charge is -2.42. The number of rotatable bonds is 11. The van der Waals surface area contributed by atoms with Gasteiger partial charge in [-0.1, -0.05) is 37.6 Å². The van der Waals surface area contributed by atoms with Crippen LogP contribution in [0.2, 0.25) is 5.02 Å². The Bertz CT molecular complexity index is 1760. The fourth-order valence-corrected chi connectivity index (χ4v) is 5.48. The molecule has 0 saturated carbocycles. The lowest BCUT2D eigenvalue weighted by Crippen LogP contribution is -2.60. The molecule has 5 rings (SSSR count). The van der Waals surface area contributed by atoms with Gasteiger partial charge in [0.05, 0.1) is 25.3 Å². The molecule has 2 aliphatic rings. The quantitative estimate of drug-likeness (QED) is 0.270. The highest BCUT2D eigenvalue weighted by Gasteiger charge is 2.41. The predicted molar refractivity (Wildman–Crippen MR) is 180 cm³/mol.